The molecule has 6 heteroatoms. The Morgan fingerprint density at radius 3 is 2.61 bits per heavy atom. The van der Waals surface area contributed by atoms with Gasteiger partial charge in [0, 0.05) is 6.07 Å². The van der Waals surface area contributed by atoms with E-state index in [2.05, 4.69) is 0 Å². The maximum Gasteiger partial charge on any atom is 0.329 e. The second-order valence-electron chi connectivity index (χ2n) is 3.40. The molecule has 0 aliphatic heterocycles. The third kappa shape index (κ3) is 2.57. The van der Waals surface area contributed by atoms with E-state index in [1.807, 2.05) is 0 Å². The highest BCUT2D eigenvalue weighted by Gasteiger charge is 2.20. The zero-order chi connectivity index (χ0) is 13.1. The van der Waals surface area contributed by atoms with Gasteiger partial charge in [-0.05, 0) is 24.3 Å². The molecule has 0 unspecified atom stereocenters. The smallest absolute Gasteiger partial charge is 0.329 e. The zero-order valence-electron chi connectivity index (χ0n) is 8.97. The summed E-state index contributed by atoms with van der Waals surface area (Å²) < 4.78 is 18.2. The zero-order valence-corrected chi connectivity index (χ0v) is 9.73. The molecule has 0 saturated carbocycles. The summed E-state index contributed by atoms with van der Waals surface area (Å²) in [5.41, 5.74) is -0.344. The van der Waals surface area contributed by atoms with E-state index in [0.717, 1.165) is 6.07 Å². The third-order valence-corrected chi connectivity index (χ3v) is 2.46. The lowest BCUT2D eigenvalue weighted by Gasteiger charge is -2.06. The Morgan fingerprint density at radius 2 is 1.94 bits per heavy atom. The maximum absolute atomic E-state index is 13.0. The fourth-order valence-electron chi connectivity index (χ4n) is 1.41. The van der Waals surface area contributed by atoms with Gasteiger partial charge in [-0.1, -0.05) is 23.7 Å². The monoisotopic (exact) mass is 267 g/mol. The van der Waals surface area contributed by atoms with Crippen LogP contribution in [-0.4, -0.2) is 4.92 Å². The van der Waals surface area contributed by atoms with Crippen molar-refractivity contribution < 1.29 is 14.1 Å². The molecular formula is C12H7ClFNO3. The van der Waals surface area contributed by atoms with Gasteiger partial charge < -0.3 is 4.74 Å². The van der Waals surface area contributed by atoms with Gasteiger partial charge in [-0.3, -0.25) is 10.1 Å². The van der Waals surface area contributed by atoms with Crippen molar-refractivity contribution in [1.29, 1.82) is 0 Å². The van der Waals surface area contributed by atoms with Crippen molar-refractivity contribution in [3.63, 3.8) is 0 Å². The van der Waals surface area contributed by atoms with Gasteiger partial charge in [0.05, 0.1) is 4.92 Å². The number of para-hydroxylation sites is 1. The lowest BCUT2D eigenvalue weighted by atomic mass is 10.3. The van der Waals surface area contributed by atoms with Crippen LogP contribution in [0.1, 0.15) is 0 Å². The quantitative estimate of drug-likeness (QED) is 0.619. The molecule has 0 heterocycles. The molecule has 18 heavy (non-hydrogen) atoms. The number of nitro benzene ring substituents is 1. The molecule has 0 N–H and O–H groups in total. The molecule has 2 aromatic rings. The maximum atomic E-state index is 13.0. The minimum absolute atomic E-state index is 0.0295. The van der Waals surface area contributed by atoms with Crippen LogP contribution in [0.15, 0.2) is 42.5 Å². The van der Waals surface area contributed by atoms with Crippen molar-refractivity contribution in [2.24, 2.45) is 0 Å². The molecule has 0 bridgehead atoms. The Balaban J connectivity index is 2.40. The molecule has 0 aliphatic rings. The topological polar surface area (TPSA) is 52.4 Å². The molecule has 0 aromatic heterocycles. The first kappa shape index (κ1) is 12.3. The summed E-state index contributed by atoms with van der Waals surface area (Å²) in [6, 6.07) is 9.62. The molecular weight excluding hydrogens is 261 g/mol. The van der Waals surface area contributed by atoms with Crippen LogP contribution >= 0.6 is 11.6 Å². The second kappa shape index (κ2) is 5.01. The molecule has 2 rings (SSSR count). The summed E-state index contributed by atoms with van der Waals surface area (Å²) in [4.78, 5) is 10.2. The second-order valence-corrected chi connectivity index (χ2v) is 3.81. The minimum Gasteiger partial charge on any atom is -0.450 e. The van der Waals surface area contributed by atoms with E-state index < -0.39 is 10.7 Å². The van der Waals surface area contributed by atoms with E-state index in [9.17, 15) is 14.5 Å². The predicted octanol–water partition coefficient (Wildman–Crippen LogP) is 4.18. The largest absolute Gasteiger partial charge is 0.450 e. The highest BCUT2D eigenvalue weighted by Crippen LogP contribution is 2.36. The van der Waals surface area contributed by atoms with Gasteiger partial charge in [0.2, 0.25) is 5.75 Å². The minimum atomic E-state index is -0.642. The van der Waals surface area contributed by atoms with Crippen LogP contribution in [0.2, 0.25) is 5.02 Å². The van der Waals surface area contributed by atoms with Gasteiger partial charge in [-0.2, -0.15) is 0 Å². The number of nitrogens with zero attached hydrogens (tertiary/aromatic N) is 1. The summed E-state index contributed by atoms with van der Waals surface area (Å²) in [6.07, 6.45) is 0. The SMILES string of the molecule is O=[N+]([O-])c1c(Cl)cccc1Oc1cccc(F)c1. The fraction of sp³-hybridized carbons (Fsp3) is 0. The van der Waals surface area contributed by atoms with Gasteiger partial charge >= 0.3 is 5.69 Å². The van der Waals surface area contributed by atoms with Crippen LogP contribution in [0.4, 0.5) is 10.1 Å². The van der Waals surface area contributed by atoms with Crippen molar-refractivity contribution in [2.75, 3.05) is 0 Å². The van der Waals surface area contributed by atoms with Crippen molar-refractivity contribution >= 4 is 17.3 Å². The Bertz CT molecular complexity index is 604. The molecule has 0 fully saturated rings. The first-order valence-electron chi connectivity index (χ1n) is 4.94. The van der Waals surface area contributed by atoms with Crippen LogP contribution in [0, 0.1) is 15.9 Å². The van der Waals surface area contributed by atoms with E-state index in [4.69, 9.17) is 16.3 Å². The van der Waals surface area contributed by atoms with E-state index in [0.29, 0.717) is 0 Å². The lowest BCUT2D eigenvalue weighted by Crippen LogP contribution is -1.94. The Hall–Kier alpha value is -2.14. The van der Waals surface area contributed by atoms with Gasteiger partial charge in [-0.15, -0.1) is 0 Å². The third-order valence-electron chi connectivity index (χ3n) is 2.16. The van der Waals surface area contributed by atoms with Crippen molar-refractivity contribution in [2.45, 2.75) is 0 Å². The summed E-state index contributed by atoms with van der Waals surface area (Å²) in [7, 11) is 0. The average molecular weight is 268 g/mol. The number of ether oxygens (including phenoxy) is 1. The molecule has 0 amide bonds. The first-order valence-corrected chi connectivity index (χ1v) is 5.32. The standard InChI is InChI=1S/C12H7ClFNO3/c13-10-5-2-6-11(12(10)15(16)17)18-9-4-1-3-8(14)7-9/h1-7H. The number of benzene rings is 2. The number of nitro groups is 1. The molecule has 0 spiro atoms. The summed E-state index contributed by atoms with van der Waals surface area (Å²) in [6.45, 7) is 0. The number of hydrogen-bond acceptors (Lipinski definition) is 3. The molecule has 0 radical (unpaired) electrons. The average Bonchev–Trinajstić information content (AvgIpc) is 2.28. The van der Waals surface area contributed by atoms with Gasteiger partial charge in [0.25, 0.3) is 0 Å². The number of rotatable bonds is 3. The van der Waals surface area contributed by atoms with Crippen LogP contribution in [0.25, 0.3) is 0 Å². The highest BCUT2D eigenvalue weighted by molar-refractivity contribution is 6.32. The number of halogens is 2. The summed E-state index contributed by atoms with van der Waals surface area (Å²) >= 11 is 5.73. The van der Waals surface area contributed by atoms with Crippen molar-refractivity contribution in [3.05, 3.63) is 63.4 Å². The van der Waals surface area contributed by atoms with Gasteiger partial charge in [0.1, 0.15) is 16.6 Å². The van der Waals surface area contributed by atoms with E-state index >= 15 is 0 Å². The van der Waals surface area contributed by atoms with Crippen LogP contribution in [0.3, 0.4) is 0 Å². The molecule has 0 atom stereocenters. The van der Waals surface area contributed by atoms with Crippen LogP contribution in [-0.2, 0) is 0 Å². The van der Waals surface area contributed by atoms with Crippen LogP contribution < -0.4 is 4.74 Å². The first-order chi connectivity index (χ1) is 8.58. The van der Waals surface area contributed by atoms with Gasteiger partial charge in [0.15, 0.2) is 0 Å². The Kier molecular flexibility index (Phi) is 3.43. The molecule has 2 aromatic carbocycles. The Labute approximate surface area is 107 Å². The normalized spacial score (nSPS) is 10.1. The van der Waals surface area contributed by atoms with E-state index in [-0.39, 0.29) is 22.2 Å². The Morgan fingerprint density at radius 1 is 1.22 bits per heavy atom. The highest BCUT2D eigenvalue weighted by atomic mass is 35.5. The van der Waals surface area contributed by atoms with E-state index in [1.54, 1.807) is 0 Å². The molecule has 0 saturated heterocycles. The molecule has 4 nitrogen and oxygen atoms in total. The summed E-state index contributed by atoms with van der Waals surface area (Å²) in [5, 5.41) is 10.8. The molecule has 0 aliphatic carbocycles. The predicted molar refractivity (Wildman–Crippen MR) is 64.6 cm³/mol. The van der Waals surface area contributed by atoms with Crippen molar-refractivity contribution in [3.8, 4) is 11.5 Å². The molecule has 92 valence electrons. The van der Waals surface area contributed by atoms with Crippen molar-refractivity contribution in [1.82, 2.24) is 0 Å². The van der Waals surface area contributed by atoms with Crippen LogP contribution in [0.5, 0.6) is 11.5 Å². The van der Waals surface area contributed by atoms with E-state index in [1.165, 1.54) is 36.4 Å². The fourth-order valence-corrected chi connectivity index (χ4v) is 1.65. The van der Waals surface area contributed by atoms with Gasteiger partial charge in [-0.25, -0.2) is 4.39 Å². The number of hydrogen-bond donors (Lipinski definition) is 0. The lowest BCUT2D eigenvalue weighted by molar-refractivity contribution is -0.385. The summed E-state index contributed by atoms with van der Waals surface area (Å²) in [5.74, 6) is -0.351.